The quantitative estimate of drug-likeness (QED) is 0.824. The van der Waals surface area contributed by atoms with Gasteiger partial charge in [0.05, 0.1) is 10.9 Å². The monoisotopic (exact) mass is 353 g/mol. The van der Waals surface area contributed by atoms with Gasteiger partial charge in [0.25, 0.3) is 0 Å². The average molecular weight is 354 g/mol. The van der Waals surface area contributed by atoms with Gasteiger partial charge in [-0.25, -0.2) is 12.8 Å². The first kappa shape index (κ1) is 16.4. The highest BCUT2D eigenvalue weighted by Crippen LogP contribution is 2.37. The van der Waals surface area contributed by atoms with E-state index in [0.29, 0.717) is 11.6 Å². The molecule has 0 amide bonds. The first-order valence-corrected chi connectivity index (χ1v) is 9.25. The molecule has 3 nitrogen and oxygen atoms in total. The van der Waals surface area contributed by atoms with Crippen LogP contribution in [-0.4, -0.2) is 19.3 Å². The van der Waals surface area contributed by atoms with E-state index in [1.807, 2.05) is 6.92 Å². The van der Waals surface area contributed by atoms with Gasteiger partial charge in [-0.05, 0) is 55.2 Å². The van der Waals surface area contributed by atoms with Gasteiger partial charge < -0.3 is 0 Å². The third-order valence-electron chi connectivity index (χ3n) is 4.21. The lowest BCUT2D eigenvalue weighted by atomic mass is 10.1. The van der Waals surface area contributed by atoms with Crippen molar-refractivity contribution in [3.8, 4) is 0 Å². The summed E-state index contributed by atoms with van der Waals surface area (Å²) in [5, 5.41) is 0.434. The Balaban J connectivity index is 1.97. The minimum atomic E-state index is -3.63. The van der Waals surface area contributed by atoms with Gasteiger partial charge >= 0.3 is 0 Å². The normalized spacial score (nSPS) is 19.2. The third kappa shape index (κ3) is 3.13. The maximum atomic E-state index is 13.1. The van der Waals surface area contributed by atoms with Crippen molar-refractivity contribution in [2.45, 2.75) is 30.7 Å². The number of nitrogens with zero attached hydrogens (tertiary/aromatic N) is 1. The van der Waals surface area contributed by atoms with Gasteiger partial charge in [-0.2, -0.15) is 4.31 Å². The molecule has 1 saturated heterocycles. The molecule has 6 heteroatoms. The summed E-state index contributed by atoms with van der Waals surface area (Å²) in [6.45, 7) is 2.28. The molecule has 0 bridgehead atoms. The van der Waals surface area contributed by atoms with Crippen LogP contribution in [0.1, 0.15) is 30.0 Å². The van der Waals surface area contributed by atoms with Crippen molar-refractivity contribution in [3.63, 3.8) is 0 Å². The first-order chi connectivity index (χ1) is 10.9. The molecule has 0 N–H and O–H groups in total. The van der Waals surface area contributed by atoms with Crippen LogP contribution in [0.3, 0.4) is 0 Å². The highest BCUT2D eigenvalue weighted by Gasteiger charge is 2.36. The summed E-state index contributed by atoms with van der Waals surface area (Å²) in [5.41, 5.74) is 1.65. The van der Waals surface area contributed by atoms with Crippen LogP contribution in [0.25, 0.3) is 0 Å². The van der Waals surface area contributed by atoms with Gasteiger partial charge in [-0.1, -0.05) is 29.8 Å². The van der Waals surface area contributed by atoms with Crippen molar-refractivity contribution in [1.29, 1.82) is 0 Å². The van der Waals surface area contributed by atoms with E-state index in [9.17, 15) is 12.8 Å². The number of halogens is 2. The van der Waals surface area contributed by atoms with Crippen molar-refractivity contribution in [3.05, 3.63) is 64.4 Å². The molecule has 122 valence electrons. The maximum absolute atomic E-state index is 13.1. The smallest absolute Gasteiger partial charge is 0.207 e. The Kier molecular flexibility index (Phi) is 4.45. The van der Waals surface area contributed by atoms with E-state index in [1.54, 1.807) is 24.3 Å². The Bertz CT molecular complexity index is 821. The molecule has 23 heavy (non-hydrogen) atoms. The Morgan fingerprint density at radius 1 is 1.17 bits per heavy atom. The van der Waals surface area contributed by atoms with Crippen LogP contribution in [0, 0.1) is 12.7 Å². The van der Waals surface area contributed by atoms with Crippen LogP contribution in [0.5, 0.6) is 0 Å². The molecule has 1 fully saturated rings. The summed E-state index contributed by atoms with van der Waals surface area (Å²) in [4.78, 5) is 0.196. The zero-order valence-corrected chi connectivity index (χ0v) is 14.2. The zero-order valence-electron chi connectivity index (χ0n) is 12.7. The van der Waals surface area contributed by atoms with Crippen molar-refractivity contribution >= 4 is 21.6 Å². The van der Waals surface area contributed by atoms with Crippen LogP contribution in [0.2, 0.25) is 5.02 Å². The second-order valence-electron chi connectivity index (χ2n) is 5.74. The highest BCUT2D eigenvalue weighted by atomic mass is 35.5. The molecule has 1 atom stereocenters. The van der Waals surface area contributed by atoms with Crippen molar-refractivity contribution < 1.29 is 12.8 Å². The van der Waals surface area contributed by atoms with Gasteiger partial charge in [0.15, 0.2) is 0 Å². The molecule has 2 aromatic rings. The zero-order chi connectivity index (χ0) is 16.6. The molecule has 0 saturated carbocycles. The second-order valence-corrected chi connectivity index (χ2v) is 8.03. The molecule has 3 rings (SSSR count). The fourth-order valence-electron chi connectivity index (χ4n) is 2.92. The topological polar surface area (TPSA) is 37.4 Å². The maximum Gasteiger partial charge on any atom is 0.243 e. The predicted molar refractivity (Wildman–Crippen MR) is 88.5 cm³/mol. The van der Waals surface area contributed by atoms with Crippen LogP contribution in [0.4, 0.5) is 4.39 Å². The lowest BCUT2D eigenvalue weighted by molar-refractivity contribution is 0.396. The number of hydrogen-bond donors (Lipinski definition) is 0. The van der Waals surface area contributed by atoms with Crippen LogP contribution in [-0.2, 0) is 10.0 Å². The minimum absolute atomic E-state index is 0.196. The number of sulfonamides is 1. The molecular weight excluding hydrogens is 337 g/mol. The van der Waals surface area contributed by atoms with Crippen molar-refractivity contribution in [1.82, 2.24) is 4.31 Å². The lowest BCUT2D eigenvalue weighted by Crippen LogP contribution is -2.30. The standard InChI is InChI=1S/C17H17ClFNO2S/c1-12-4-9-15(11-16(12)18)23(21,22)20-10-2-3-17(20)13-5-7-14(19)8-6-13/h4-9,11,17H,2-3,10H2,1H3/t17-/m0/s1. The number of benzene rings is 2. The minimum Gasteiger partial charge on any atom is -0.207 e. The summed E-state index contributed by atoms with van der Waals surface area (Å²) in [5.74, 6) is -0.327. The van der Waals surface area contributed by atoms with Gasteiger partial charge in [0.2, 0.25) is 10.0 Å². The molecule has 1 heterocycles. The van der Waals surface area contributed by atoms with Gasteiger partial charge in [0, 0.05) is 11.6 Å². The second kappa shape index (κ2) is 6.23. The largest absolute Gasteiger partial charge is 0.243 e. The summed E-state index contributed by atoms with van der Waals surface area (Å²) in [6.07, 6.45) is 1.51. The van der Waals surface area contributed by atoms with Crippen LogP contribution in [0.15, 0.2) is 47.4 Å². The van der Waals surface area contributed by atoms with Gasteiger partial charge in [-0.3, -0.25) is 0 Å². The number of hydrogen-bond acceptors (Lipinski definition) is 2. The van der Waals surface area contributed by atoms with Gasteiger partial charge in [-0.15, -0.1) is 0 Å². The Morgan fingerprint density at radius 2 is 1.87 bits per heavy atom. The third-order valence-corrected chi connectivity index (χ3v) is 6.52. The summed E-state index contributed by atoms with van der Waals surface area (Å²) in [7, 11) is -3.63. The number of rotatable bonds is 3. The molecular formula is C17H17ClFNO2S. The number of aryl methyl sites for hydroxylation is 1. The van der Waals surface area contributed by atoms with Crippen LogP contribution < -0.4 is 0 Å². The molecule has 0 radical (unpaired) electrons. The first-order valence-electron chi connectivity index (χ1n) is 7.43. The van der Waals surface area contributed by atoms with E-state index in [-0.39, 0.29) is 16.8 Å². The van der Waals surface area contributed by atoms with E-state index in [2.05, 4.69) is 0 Å². The SMILES string of the molecule is Cc1ccc(S(=O)(=O)N2CCC[C@H]2c2ccc(F)cc2)cc1Cl. The summed E-state index contributed by atoms with van der Waals surface area (Å²) >= 11 is 6.07. The van der Waals surface area contributed by atoms with E-state index in [4.69, 9.17) is 11.6 Å². The van der Waals surface area contributed by atoms with Gasteiger partial charge in [0.1, 0.15) is 5.82 Å². The predicted octanol–water partition coefficient (Wildman–Crippen LogP) is 4.31. The fourth-order valence-corrected chi connectivity index (χ4v) is 4.87. The van der Waals surface area contributed by atoms with E-state index in [1.165, 1.54) is 22.5 Å². The van der Waals surface area contributed by atoms with Crippen molar-refractivity contribution in [2.75, 3.05) is 6.54 Å². The average Bonchev–Trinajstić information content (AvgIpc) is 3.01. The van der Waals surface area contributed by atoms with E-state index in [0.717, 1.165) is 24.0 Å². The Hall–Kier alpha value is -1.43. The fraction of sp³-hybridized carbons (Fsp3) is 0.294. The summed E-state index contributed by atoms with van der Waals surface area (Å²) < 4.78 is 40.5. The molecule has 0 aromatic heterocycles. The molecule has 0 spiro atoms. The Morgan fingerprint density at radius 3 is 2.52 bits per heavy atom. The van der Waals surface area contributed by atoms with E-state index >= 15 is 0 Å². The molecule has 2 aromatic carbocycles. The lowest BCUT2D eigenvalue weighted by Gasteiger charge is -2.24. The highest BCUT2D eigenvalue weighted by molar-refractivity contribution is 7.89. The van der Waals surface area contributed by atoms with E-state index < -0.39 is 10.0 Å². The molecule has 1 aliphatic rings. The summed E-state index contributed by atoms with van der Waals surface area (Å²) in [6, 6.07) is 10.5. The van der Waals surface area contributed by atoms with Crippen molar-refractivity contribution in [2.24, 2.45) is 0 Å². The molecule has 0 aliphatic carbocycles. The molecule has 1 aliphatic heterocycles. The molecule has 0 unspecified atom stereocenters. The Labute approximate surface area is 140 Å². The van der Waals surface area contributed by atoms with Crippen LogP contribution >= 0.6 is 11.6 Å².